The minimum absolute atomic E-state index is 0.00834. The van der Waals surface area contributed by atoms with Crippen molar-refractivity contribution >= 4 is 6.03 Å². The van der Waals surface area contributed by atoms with Gasteiger partial charge in [0.05, 0.1) is 6.54 Å². The Labute approximate surface area is 107 Å². The van der Waals surface area contributed by atoms with Crippen LogP contribution in [0.15, 0.2) is 0 Å². The van der Waals surface area contributed by atoms with Crippen LogP contribution >= 0.6 is 0 Å². The van der Waals surface area contributed by atoms with Gasteiger partial charge in [0.2, 0.25) is 0 Å². The van der Waals surface area contributed by atoms with Gasteiger partial charge >= 0.3 is 6.03 Å². The second-order valence-electron chi connectivity index (χ2n) is 6.53. The summed E-state index contributed by atoms with van der Waals surface area (Å²) < 4.78 is 26.3. The molecule has 1 unspecified atom stereocenters. The molecule has 2 fully saturated rings. The van der Waals surface area contributed by atoms with E-state index in [1.165, 1.54) is 4.90 Å². The van der Waals surface area contributed by atoms with E-state index in [2.05, 4.69) is 20.8 Å². The minimum Gasteiger partial charge on any atom is -0.321 e. The Bertz CT molecular complexity index is 338. The quantitative estimate of drug-likeness (QED) is 0.657. The summed E-state index contributed by atoms with van der Waals surface area (Å²) in [5.41, 5.74) is 0.00834. The van der Waals surface area contributed by atoms with Gasteiger partial charge in [-0.1, -0.05) is 20.8 Å². The lowest BCUT2D eigenvalue weighted by atomic mass is 9.85. The van der Waals surface area contributed by atoms with Crippen molar-refractivity contribution in [3.05, 3.63) is 0 Å². The van der Waals surface area contributed by atoms with Crippen LogP contribution in [0.25, 0.3) is 0 Å². The molecule has 0 aromatic rings. The zero-order chi connectivity index (χ0) is 13.6. The Morgan fingerprint density at radius 2 is 1.94 bits per heavy atom. The Morgan fingerprint density at radius 3 is 2.44 bits per heavy atom. The number of halogens is 2. The molecule has 2 saturated heterocycles. The van der Waals surface area contributed by atoms with E-state index in [1.807, 2.05) is 0 Å². The standard InChI is InChI=1S/C13H22F2N2O/c1-12(2,3)10-5-4-7-17(10)11(18)16-8-6-13(14,15)9-16/h10H,4-9H2,1-3H3. The summed E-state index contributed by atoms with van der Waals surface area (Å²) in [4.78, 5) is 15.4. The molecule has 2 amide bonds. The third kappa shape index (κ3) is 2.59. The number of urea groups is 1. The molecule has 3 nitrogen and oxygen atoms in total. The van der Waals surface area contributed by atoms with Crippen LogP contribution in [0.2, 0.25) is 0 Å². The van der Waals surface area contributed by atoms with Crippen LogP contribution in [0.3, 0.4) is 0 Å². The van der Waals surface area contributed by atoms with Crippen molar-refractivity contribution in [2.45, 2.75) is 52.0 Å². The highest BCUT2D eigenvalue weighted by Gasteiger charge is 2.44. The molecule has 0 bridgehead atoms. The largest absolute Gasteiger partial charge is 0.321 e. The van der Waals surface area contributed by atoms with Gasteiger partial charge in [0, 0.05) is 25.6 Å². The van der Waals surface area contributed by atoms with Gasteiger partial charge in [0.15, 0.2) is 0 Å². The monoisotopic (exact) mass is 260 g/mol. The SMILES string of the molecule is CC(C)(C)C1CCCN1C(=O)N1CCC(F)(F)C1. The van der Waals surface area contributed by atoms with Gasteiger partial charge in [0.25, 0.3) is 5.92 Å². The molecule has 5 heteroatoms. The molecule has 0 aromatic heterocycles. The predicted molar refractivity (Wildman–Crippen MR) is 65.7 cm³/mol. The highest BCUT2D eigenvalue weighted by Crippen LogP contribution is 2.35. The number of nitrogens with zero attached hydrogens (tertiary/aromatic N) is 2. The molecular weight excluding hydrogens is 238 g/mol. The maximum Gasteiger partial charge on any atom is 0.320 e. The maximum atomic E-state index is 13.2. The predicted octanol–water partition coefficient (Wildman–Crippen LogP) is 2.96. The number of likely N-dealkylation sites (tertiary alicyclic amines) is 2. The molecule has 0 aliphatic carbocycles. The molecule has 0 spiro atoms. The lowest BCUT2D eigenvalue weighted by Gasteiger charge is -2.37. The van der Waals surface area contributed by atoms with Crippen molar-refractivity contribution in [1.82, 2.24) is 9.80 Å². The van der Waals surface area contributed by atoms with Crippen molar-refractivity contribution in [3.63, 3.8) is 0 Å². The van der Waals surface area contributed by atoms with Crippen molar-refractivity contribution < 1.29 is 13.6 Å². The molecule has 18 heavy (non-hydrogen) atoms. The first-order valence-corrected chi connectivity index (χ1v) is 6.64. The van der Waals surface area contributed by atoms with Crippen LogP contribution in [-0.2, 0) is 0 Å². The molecule has 2 rings (SSSR count). The highest BCUT2D eigenvalue weighted by molar-refractivity contribution is 5.75. The molecular formula is C13H22F2N2O. The summed E-state index contributed by atoms with van der Waals surface area (Å²) in [6.45, 7) is 6.76. The van der Waals surface area contributed by atoms with Crippen LogP contribution in [0, 0.1) is 5.41 Å². The Morgan fingerprint density at radius 1 is 1.28 bits per heavy atom. The van der Waals surface area contributed by atoms with Crippen molar-refractivity contribution in [1.29, 1.82) is 0 Å². The second-order valence-corrected chi connectivity index (χ2v) is 6.53. The summed E-state index contributed by atoms with van der Waals surface area (Å²) in [6.07, 6.45) is 1.74. The average molecular weight is 260 g/mol. The zero-order valence-corrected chi connectivity index (χ0v) is 11.4. The molecule has 1 atom stereocenters. The number of hydrogen-bond donors (Lipinski definition) is 0. The van der Waals surface area contributed by atoms with E-state index < -0.39 is 12.5 Å². The average Bonchev–Trinajstić information content (AvgIpc) is 2.81. The molecule has 0 saturated carbocycles. The number of amides is 2. The summed E-state index contributed by atoms with van der Waals surface area (Å²) in [5.74, 6) is -2.70. The van der Waals surface area contributed by atoms with Crippen LogP contribution < -0.4 is 0 Å². The fraction of sp³-hybridized carbons (Fsp3) is 0.923. The first kappa shape index (κ1) is 13.6. The van der Waals surface area contributed by atoms with Crippen LogP contribution in [0.4, 0.5) is 13.6 Å². The van der Waals surface area contributed by atoms with E-state index in [9.17, 15) is 13.6 Å². The van der Waals surface area contributed by atoms with E-state index in [-0.39, 0.29) is 30.5 Å². The first-order valence-electron chi connectivity index (χ1n) is 6.64. The minimum atomic E-state index is -2.70. The second kappa shape index (κ2) is 4.35. The molecule has 2 aliphatic rings. The van der Waals surface area contributed by atoms with E-state index in [0.29, 0.717) is 6.54 Å². The van der Waals surface area contributed by atoms with Crippen molar-refractivity contribution in [2.75, 3.05) is 19.6 Å². The third-order valence-corrected chi connectivity index (χ3v) is 3.94. The fourth-order valence-electron chi connectivity index (χ4n) is 2.98. The number of carbonyl (C=O) groups is 1. The summed E-state index contributed by atoms with van der Waals surface area (Å²) >= 11 is 0. The molecule has 0 aromatic carbocycles. The fourth-order valence-corrected chi connectivity index (χ4v) is 2.98. The summed E-state index contributed by atoms with van der Waals surface area (Å²) in [6, 6.07) is -0.0381. The number of rotatable bonds is 0. The molecule has 104 valence electrons. The maximum absolute atomic E-state index is 13.2. The van der Waals surface area contributed by atoms with E-state index in [4.69, 9.17) is 0 Å². The smallest absolute Gasteiger partial charge is 0.320 e. The molecule has 0 N–H and O–H groups in total. The molecule has 2 heterocycles. The van der Waals surface area contributed by atoms with Gasteiger partial charge in [-0.3, -0.25) is 0 Å². The van der Waals surface area contributed by atoms with Gasteiger partial charge < -0.3 is 9.80 Å². The number of alkyl halides is 2. The Kier molecular flexibility index (Phi) is 3.28. The van der Waals surface area contributed by atoms with Crippen LogP contribution in [-0.4, -0.2) is 47.4 Å². The van der Waals surface area contributed by atoms with E-state index >= 15 is 0 Å². The van der Waals surface area contributed by atoms with Crippen molar-refractivity contribution in [2.24, 2.45) is 5.41 Å². The number of carbonyl (C=O) groups excluding carboxylic acids is 1. The van der Waals surface area contributed by atoms with Crippen molar-refractivity contribution in [3.8, 4) is 0 Å². The van der Waals surface area contributed by atoms with Crippen LogP contribution in [0.5, 0.6) is 0 Å². The molecule has 2 aliphatic heterocycles. The van der Waals surface area contributed by atoms with Crippen LogP contribution in [0.1, 0.15) is 40.0 Å². The number of hydrogen-bond acceptors (Lipinski definition) is 1. The normalized spacial score (nSPS) is 27.9. The van der Waals surface area contributed by atoms with Gasteiger partial charge in [-0.15, -0.1) is 0 Å². The topological polar surface area (TPSA) is 23.6 Å². The van der Waals surface area contributed by atoms with Gasteiger partial charge in [-0.2, -0.15) is 0 Å². The summed E-state index contributed by atoms with van der Waals surface area (Å²) in [5, 5.41) is 0. The third-order valence-electron chi connectivity index (χ3n) is 3.94. The molecule has 0 radical (unpaired) electrons. The first-order chi connectivity index (χ1) is 8.21. The van der Waals surface area contributed by atoms with Gasteiger partial charge in [-0.05, 0) is 18.3 Å². The summed E-state index contributed by atoms with van der Waals surface area (Å²) in [7, 11) is 0. The Balaban J connectivity index is 2.05. The lowest BCUT2D eigenvalue weighted by Crippen LogP contribution is -2.49. The lowest BCUT2D eigenvalue weighted by molar-refractivity contribution is 0.0129. The van der Waals surface area contributed by atoms with E-state index in [0.717, 1.165) is 12.8 Å². The van der Waals surface area contributed by atoms with Gasteiger partial charge in [-0.25, -0.2) is 13.6 Å². The highest BCUT2D eigenvalue weighted by atomic mass is 19.3. The van der Waals surface area contributed by atoms with E-state index in [1.54, 1.807) is 4.90 Å². The zero-order valence-electron chi connectivity index (χ0n) is 11.4. The van der Waals surface area contributed by atoms with Gasteiger partial charge in [0.1, 0.15) is 0 Å². The Hall–Kier alpha value is -0.870.